The molecule has 4 nitrogen and oxygen atoms in total. The summed E-state index contributed by atoms with van der Waals surface area (Å²) in [4.78, 5) is 8.01. The number of nitrogens with zero attached hydrogens (tertiary/aromatic N) is 1. The lowest BCUT2D eigenvalue weighted by Crippen LogP contribution is -1.89. The smallest absolute Gasteiger partial charge is 0.222 e. The molecular formula is C16H10N2O2S. The van der Waals surface area contributed by atoms with Gasteiger partial charge in [-0.1, -0.05) is 30.3 Å². The van der Waals surface area contributed by atoms with Crippen LogP contribution in [0.2, 0.25) is 0 Å². The molecule has 0 aliphatic rings. The van der Waals surface area contributed by atoms with E-state index in [-0.39, 0.29) is 0 Å². The largest absolute Gasteiger partial charge is 0.352 e. The van der Waals surface area contributed by atoms with Crippen molar-refractivity contribution in [2.75, 3.05) is 0 Å². The van der Waals surface area contributed by atoms with Crippen LogP contribution >= 0.6 is 0 Å². The van der Waals surface area contributed by atoms with Crippen molar-refractivity contribution in [2.45, 2.75) is 0 Å². The number of para-hydroxylation sites is 2. The molecule has 0 radical (unpaired) electrons. The highest BCUT2D eigenvalue weighted by Crippen LogP contribution is 2.25. The second-order valence-electron chi connectivity index (χ2n) is 4.80. The van der Waals surface area contributed by atoms with Crippen molar-refractivity contribution in [3.8, 4) is 0 Å². The molecule has 0 saturated carbocycles. The van der Waals surface area contributed by atoms with Crippen LogP contribution < -0.4 is 0 Å². The van der Waals surface area contributed by atoms with Gasteiger partial charge >= 0.3 is 0 Å². The zero-order valence-electron chi connectivity index (χ0n) is 10.9. The molecule has 102 valence electrons. The second kappa shape index (κ2) is 4.43. The van der Waals surface area contributed by atoms with Gasteiger partial charge in [-0.2, -0.15) is 8.42 Å². The Bertz CT molecular complexity index is 1180. The Hall–Kier alpha value is -2.66. The van der Waals surface area contributed by atoms with Gasteiger partial charge in [-0.25, -0.2) is 4.98 Å². The first-order chi connectivity index (χ1) is 10.2. The summed E-state index contributed by atoms with van der Waals surface area (Å²) in [5.74, 6) is 0. The van der Waals surface area contributed by atoms with E-state index < -0.39 is 10.3 Å². The number of H-pyrrole nitrogens is 1. The number of hydrogen-bond donors (Lipinski definition) is 1. The van der Waals surface area contributed by atoms with Gasteiger partial charge in [0.15, 0.2) is 0 Å². The van der Waals surface area contributed by atoms with Crippen LogP contribution in [0.1, 0.15) is 0 Å². The molecule has 3 aromatic carbocycles. The number of nitrogens with one attached hydrogen (secondary N) is 1. The van der Waals surface area contributed by atoms with E-state index in [9.17, 15) is 8.42 Å². The summed E-state index contributed by atoms with van der Waals surface area (Å²) in [6, 6.07) is 16.7. The van der Waals surface area contributed by atoms with Crippen LogP contribution in [0.3, 0.4) is 0 Å². The first-order valence-electron chi connectivity index (χ1n) is 6.47. The predicted molar refractivity (Wildman–Crippen MR) is 83.3 cm³/mol. The molecule has 4 aromatic rings. The topological polar surface area (TPSA) is 62.8 Å². The zero-order chi connectivity index (χ0) is 14.4. The molecule has 4 rings (SSSR count). The maximum absolute atomic E-state index is 11.3. The van der Waals surface area contributed by atoms with E-state index in [4.69, 9.17) is 0 Å². The summed E-state index contributed by atoms with van der Waals surface area (Å²) in [6.45, 7) is 0. The molecule has 0 bridgehead atoms. The van der Waals surface area contributed by atoms with Gasteiger partial charge in [0, 0.05) is 10.8 Å². The maximum Gasteiger partial charge on any atom is 0.222 e. The fraction of sp³-hybridized carbons (Fsp3) is 0. The summed E-state index contributed by atoms with van der Waals surface area (Å²) in [5, 5.41) is 1.52. The Balaban J connectivity index is 2.32. The maximum atomic E-state index is 11.3. The molecular weight excluding hydrogens is 284 g/mol. The minimum atomic E-state index is -2.26. The summed E-state index contributed by atoms with van der Waals surface area (Å²) in [5.41, 5.74) is 3.47. The van der Waals surface area contributed by atoms with E-state index in [2.05, 4.69) is 9.97 Å². The van der Waals surface area contributed by atoms with E-state index in [0.717, 1.165) is 27.5 Å². The standard InChI is InChI=1S/C16H10N2O2S/c19-21(20)15-7-3-4-11-10(15)8-9-14-16(11)18-13-6-2-1-5-12(13)17-14/h1-9,17H. The van der Waals surface area contributed by atoms with Gasteiger partial charge in [0.25, 0.3) is 0 Å². The number of fused-ring (bicyclic) bond motifs is 4. The molecule has 0 unspecified atom stereocenters. The number of benzene rings is 3. The van der Waals surface area contributed by atoms with Crippen molar-refractivity contribution in [3.05, 3.63) is 59.1 Å². The average Bonchev–Trinajstić information content (AvgIpc) is 2.52. The fourth-order valence-electron chi connectivity index (χ4n) is 2.62. The summed E-state index contributed by atoms with van der Waals surface area (Å²) >= 11 is 0. The number of aromatic nitrogens is 2. The summed E-state index contributed by atoms with van der Waals surface area (Å²) in [6.07, 6.45) is 0. The van der Waals surface area contributed by atoms with Crippen LogP contribution in [0.15, 0.2) is 54.6 Å². The summed E-state index contributed by atoms with van der Waals surface area (Å²) in [7, 11) is -2.26. The predicted octanol–water partition coefficient (Wildman–Crippen LogP) is 3.28. The lowest BCUT2D eigenvalue weighted by Gasteiger charge is -2.05. The molecule has 0 fully saturated rings. The molecule has 0 amide bonds. The molecule has 21 heavy (non-hydrogen) atoms. The van der Waals surface area contributed by atoms with E-state index in [1.807, 2.05) is 42.5 Å². The Kier molecular flexibility index (Phi) is 2.55. The van der Waals surface area contributed by atoms with Crippen molar-refractivity contribution in [2.24, 2.45) is 0 Å². The minimum absolute atomic E-state index is 0.296. The SMILES string of the molecule is O=S(=O)=c1cccc2c1ccc1[nH]c3ccccc3nc12. The van der Waals surface area contributed by atoms with E-state index in [1.165, 1.54) is 0 Å². The Morgan fingerprint density at radius 1 is 0.810 bits per heavy atom. The number of rotatable bonds is 0. The third kappa shape index (κ3) is 1.82. The third-order valence-corrected chi connectivity index (χ3v) is 4.29. The number of hydrogen-bond acceptors (Lipinski definition) is 3. The Morgan fingerprint density at radius 2 is 1.67 bits per heavy atom. The van der Waals surface area contributed by atoms with Crippen LogP contribution in [-0.4, -0.2) is 18.4 Å². The van der Waals surface area contributed by atoms with Crippen LogP contribution in [-0.2, 0) is 10.3 Å². The van der Waals surface area contributed by atoms with Crippen molar-refractivity contribution < 1.29 is 8.42 Å². The van der Waals surface area contributed by atoms with Gasteiger partial charge in [0.1, 0.15) is 4.51 Å². The van der Waals surface area contributed by atoms with Gasteiger partial charge in [0.05, 0.1) is 22.1 Å². The van der Waals surface area contributed by atoms with Crippen LogP contribution in [0.5, 0.6) is 0 Å². The van der Waals surface area contributed by atoms with Gasteiger partial charge in [0.2, 0.25) is 10.3 Å². The molecule has 0 atom stereocenters. The normalized spacial score (nSPS) is 11.2. The lowest BCUT2D eigenvalue weighted by molar-refractivity contribution is 0.625. The molecule has 0 aliphatic carbocycles. The monoisotopic (exact) mass is 294 g/mol. The lowest BCUT2D eigenvalue weighted by atomic mass is 10.1. The van der Waals surface area contributed by atoms with Gasteiger partial charge in [-0.15, -0.1) is 0 Å². The zero-order valence-corrected chi connectivity index (χ0v) is 11.7. The van der Waals surface area contributed by atoms with Gasteiger partial charge < -0.3 is 4.98 Å². The molecule has 0 spiro atoms. The van der Waals surface area contributed by atoms with Crippen LogP contribution in [0.25, 0.3) is 32.8 Å². The van der Waals surface area contributed by atoms with E-state index in [0.29, 0.717) is 9.90 Å². The molecule has 0 saturated heterocycles. The van der Waals surface area contributed by atoms with Gasteiger partial charge in [-0.05, 0) is 24.3 Å². The van der Waals surface area contributed by atoms with Gasteiger partial charge in [-0.3, -0.25) is 0 Å². The third-order valence-electron chi connectivity index (χ3n) is 3.58. The highest BCUT2D eigenvalue weighted by atomic mass is 32.2. The molecule has 1 heterocycles. The van der Waals surface area contributed by atoms with Crippen LogP contribution in [0, 0.1) is 4.51 Å². The van der Waals surface area contributed by atoms with Crippen molar-refractivity contribution in [3.63, 3.8) is 0 Å². The second-order valence-corrected chi connectivity index (χ2v) is 5.71. The molecule has 1 N–H and O–H groups in total. The van der Waals surface area contributed by atoms with Crippen molar-refractivity contribution in [1.29, 1.82) is 0 Å². The Labute approximate surface area is 121 Å². The highest BCUT2D eigenvalue weighted by molar-refractivity contribution is 7.64. The van der Waals surface area contributed by atoms with Crippen molar-refractivity contribution in [1.82, 2.24) is 9.97 Å². The Morgan fingerprint density at radius 3 is 2.52 bits per heavy atom. The molecule has 5 heteroatoms. The molecule has 0 aliphatic heterocycles. The fourth-order valence-corrected chi connectivity index (χ4v) is 3.17. The average molecular weight is 294 g/mol. The van der Waals surface area contributed by atoms with Crippen molar-refractivity contribution >= 4 is 43.1 Å². The quantitative estimate of drug-likeness (QED) is 0.307. The number of aromatic amines is 1. The van der Waals surface area contributed by atoms with E-state index in [1.54, 1.807) is 12.1 Å². The minimum Gasteiger partial charge on any atom is -0.352 e. The highest BCUT2D eigenvalue weighted by Gasteiger charge is 2.05. The molecule has 1 aromatic heterocycles. The van der Waals surface area contributed by atoms with E-state index >= 15 is 0 Å². The first kappa shape index (κ1) is 12.1. The summed E-state index contributed by atoms with van der Waals surface area (Å²) < 4.78 is 23.0. The van der Waals surface area contributed by atoms with Crippen LogP contribution in [0.4, 0.5) is 0 Å². The first-order valence-corrected chi connectivity index (χ1v) is 7.54.